The smallest absolute Gasteiger partial charge is 0.260 e. The van der Waals surface area contributed by atoms with Crippen molar-refractivity contribution in [3.8, 4) is 5.75 Å². The van der Waals surface area contributed by atoms with Crippen molar-refractivity contribution in [2.45, 2.75) is 0 Å². The number of aromatic nitrogens is 2. The summed E-state index contributed by atoms with van der Waals surface area (Å²) in [6.07, 6.45) is 1.44. The molecule has 0 aliphatic heterocycles. The quantitative estimate of drug-likeness (QED) is 0.662. The fourth-order valence-electron chi connectivity index (χ4n) is 1.42. The van der Waals surface area contributed by atoms with Gasteiger partial charge in [0.05, 0.1) is 12.7 Å². The Morgan fingerprint density at radius 2 is 2.21 bits per heavy atom. The minimum atomic E-state index is -0.432. The summed E-state index contributed by atoms with van der Waals surface area (Å²) >= 11 is 5.71. The Hall–Kier alpha value is -2.34. The summed E-state index contributed by atoms with van der Waals surface area (Å²) in [7, 11) is 1.51. The SMILES string of the molecule is COc1ccc(N)c(C(=O)Nc2nccc(Cl)n2)c1. The maximum atomic E-state index is 12.0. The number of nitrogens with zero attached hydrogens (tertiary/aromatic N) is 2. The molecule has 0 saturated heterocycles. The van der Waals surface area contributed by atoms with Gasteiger partial charge < -0.3 is 10.5 Å². The molecule has 7 heteroatoms. The monoisotopic (exact) mass is 278 g/mol. The molecule has 0 spiro atoms. The molecule has 98 valence electrons. The van der Waals surface area contributed by atoms with Crippen molar-refractivity contribution in [1.82, 2.24) is 9.97 Å². The van der Waals surface area contributed by atoms with Crippen LogP contribution in [0.5, 0.6) is 5.75 Å². The second-order valence-corrected chi connectivity index (χ2v) is 4.00. The zero-order valence-corrected chi connectivity index (χ0v) is 10.8. The summed E-state index contributed by atoms with van der Waals surface area (Å²) in [5.41, 5.74) is 6.36. The summed E-state index contributed by atoms with van der Waals surface area (Å²) in [6, 6.07) is 6.31. The molecule has 0 aliphatic rings. The maximum absolute atomic E-state index is 12.0. The number of carbonyl (C=O) groups is 1. The average Bonchev–Trinajstić information content (AvgIpc) is 2.39. The molecule has 1 amide bonds. The van der Waals surface area contributed by atoms with Crippen LogP contribution in [0.1, 0.15) is 10.4 Å². The van der Waals surface area contributed by atoms with E-state index in [-0.39, 0.29) is 16.7 Å². The third-order valence-corrected chi connectivity index (χ3v) is 2.56. The normalized spacial score (nSPS) is 10.0. The number of amides is 1. The van der Waals surface area contributed by atoms with E-state index in [2.05, 4.69) is 15.3 Å². The number of carbonyl (C=O) groups excluding carboxylic acids is 1. The molecule has 0 atom stereocenters. The Balaban J connectivity index is 2.25. The van der Waals surface area contributed by atoms with E-state index in [0.29, 0.717) is 11.4 Å². The number of nitrogen functional groups attached to an aromatic ring is 1. The van der Waals surface area contributed by atoms with Crippen molar-refractivity contribution in [2.75, 3.05) is 18.2 Å². The van der Waals surface area contributed by atoms with E-state index in [1.54, 1.807) is 12.1 Å². The maximum Gasteiger partial charge on any atom is 0.260 e. The molecular formula is C12H11ClN4O2. The van der Waals surface area contributed by atoms with Crippen molar-refractivity contribution in [2.24, 2.45) is 0 Å². The van der Waals surface area contributed by atoms with Crippen LogP contribution < -0.4 is 15.8 Å². The first-order valence-electron chi connectivity index (χ1n) is 5.33. The summed E-state index contributed by atoms with van der Waals surface area (Å²) < 4.78 is 5.04. The van der Waals surface area contributed by atoms with Gasteiger partial charge in [-0.25, -0.2) is 9.97 Å². The molecule has 0 radical (unpaired) electrons. The van der Waals surface area contributed by atoms with Crippen molar-refractivity contribution >= 4 is 29.1 Å². The van der Waals surface area contributed by atoms with Crippen LogP contribution in [0.25, 0.3) is 0 Å². The molecule has 2 rings (SSSR count). The fraction of sp³-hybridized carbons (Fsp3) is 0.0833. The number of anilines is 2. The molecule has 0 bridgehead atoms. The Morgan fingerprint density at radius 1 is 1.42 bits per heavy atom. The Labute approximate surface area is 114 Å². The van der Waals surface area contributed by atoms with Gasteiger partial charge in [-0.2, -0.15) is 0 Å². The molecule has 1 heterocycles. The highest BCUT2D eigenvalue weighted by molar-refractivity contribution is 6.29. The van der Waals surface area contributed by atoms with Gasteiger partial charge in [-0.15, -0.1) is 0 Å². The fourth-order valence-corrected chi connectivity index (χ4v) is 1.56. The summed E-state index contributed by atoms with van der Waals surface area (Å²) in [5, 5.41) is 2.75. The highest BCUT2D eigenvalue weighted by atomic mass is 35.5. The van der Waals surface area contributed by atoms with Crippen molar-refractivity contribution in [1.29, 1.82) is 0 Å². The van der Waals surface area contributed by atoms with Crippen molar-refractivity contribution in [3.05, 3.63) is 41.2 Å². The first kappa shape index (κ1) is 13.1. The number of methoxy groups -OCH3 is 1. The third kappa shape index (κ3) is 3.11. The molecule has 0 aliphatic carbocycles. The number of benzene rings is 1. The number of hydrogen-bond acceptors (Lipinski definition) is 5. The average molecular weight is 279 g/mol. The van der Waals surface area contributed by atoms with Gasteiger partial charge in [-0.3, -0.25) is 10.1 Å². The Bertz CT molecular complexity index is 618. The van der Waals surface area contributed by atoms with Gasteiger partial charge in [0, 0.05) is 11.9 Å². The van der Waals surface area contributed by atoms with E-state index in [0.717, 1.165) is 0 Å². The van der Waals surface area contributed by atoms with E-state index in [4.69, 9.17) is 22.1 Å². The topological polar surface area (TPSA) is 90.1 Å². The zero-order chi connectivity index (χ0) is 13.8. The van der Waals surface area contributed by atoms with Crippen LogP contribution in [0.3, 0.4) is 0 Å². The molecule has 0 fully saturated rings. The first-order chi connectivity index (χ1) is 9.10. The summed E-state index contributed by atoms with van der Waals surface area (Å²) in [4.78, 5) is 19.8. The zero-order valence-electron chi connectivity index (χ0n) is 10.1. The van der Waals surface area contributed by atoms with Gasteiger partial charge in [0.15, 0.2) is 0 Å². The standard InChI is InChI=1S/C12H11ClN4O2/c1-19-7-2-3-9(14)8(6-7)11(18)17-12-15-5-4-10(13)16-12/h2-6H,14H2,1H3,(H,15,16,17,18). The van der Waals surface area contributed by atoms with E-state index >= 15 is 0 Å². The Kier molecular flexibility index (Phi) is 3.82. The number of ether oxygens (including phenoxy) is 1. The second-order valence-electron chi connectivity index (χ2n) is 3.61. The van der Waals surface area contributed by atoms with Crippen LogP contribution >= 0.6 is 11.6 Å². The summed E-state index contributed by atoms with van der Waals surface area (Å²) in [6.45, 7) is 0. The largest absolute Gasteiger partial charge is 0.497 e. The lowest BCUT2D eigenvalue weighted by Gasteiger charge is -2.08. The molecule has 0 saturated carbocycles. The predicted molar refractivity (Wildman–Crippen MR) is 72.4 cm³/mol. The third-order valence-electron chi connectivity index (χ3n) is 2.35. The lowest BCUT2D eigenvalue weighted by Crippen LogP contribution is -2.16. The molecule has 1 aromatic carbocycles. The van der Waals surface area contributed by atoms with Crippen molar-refractivity contribution < 1.29 is 9.53 Å². The number of nitrogens with one attached hydrogen (secondary N) is 1. The number of halogens is 1. The molecular weight excluding hydrogens is 268 g/mol. The van der Waals surface area contributed by atoms with Crippen LogP contribution in [0.4, 0.5) is 11.6 Å². The second kappa shape index (κ2) is 5.53. The van der Waals surface area contributed by atoms with E-state index < -0.39 is 5.91 Å². The van der Waals surface area contributed by atoms with E-state index in [9.17, 15) is 4.79 Å². The highest BCUT2D eigenvalue weighted by Gasteiger charge is 2.12. The minimum Gasteiger partial charge on any atom is -0.497 e. The molecule has 3 N–H and O–H groups in total. The minimum absolute atomic E-state index is 0.111. The first-order valence-corrected chi connectivity index (χ1v) is 5.71. The van der Waals surface area contributed by atoms with Crippen LogP contribution in [-0.4, -0.2) is 23.0 Å². The molecule has 0 unspecified atom stereocenters. The molecule has 6 nitrogen and oxygen atoms in total. The molecule has 2 aromatic rings. The van der Waals surface area contributed by atoms with E-state index in [1.165, 1.54) is 25.4 Å². The number of rotatable bonds is 3. The van der Waals surface area contributed by atoms with Gasteiger partial charge in [0.25, 0.3) is 5.91 Å². The predicted octanol–water partition coefficient (Wildman–Crippen LogP) is 1.97. The molecule has 19 heavy (non-hydrogen) atoms. The van der Waals surface area contributed by atoms with Gasteiger partial charge in [0.2, 0.25) is 5.95 Å². The van der Waals surface area contributed by atoms with Gasteiger partial charge in [-0.1, -0.05) is 11.6 Å². The van der Waals surface area contributed by atoms with Gasteiger partial charge in [-0.05, 0) is 24.3 Å². The van der Waals surface area contributed by atoms with Gasteiger partial charge >= 0.3 is 0 Å². The number of hydrogen-bond donors (Lipinski definition) is 2. The van der Waals surface area contributed by atoms with E-state index in [1.807, 2.05) is 0 Å². The Morgan fingerprint density at radius 3 is 2.89 bits per heavy atom. The molecule has 1 aromatic heterocycles. The van der Waals surface area contributed by atoms with Crippen LogP contribution in [-0.2, 0) is 0 Å². The van der Waals surface area contributed by atoms with Crippen LogP contribution in [0, 0.1) is 0 Å². The van der Waals surface area contributed by atoms with Crippen LogP contribution in [0.15, 0.2) is 30.5 Å². The highest BCUT2D eigenvalue weighted by Crippen LogP contribution is 2.20. The van der Waals surface area contributed by atoms with Crippen LogP contribution in [0.2, 0.25) is 5.15 Å². The summed E-state index contributed by atoms with van der Waals surface area (Å²) in [5.74, 6) is 0.213. The number of nitrogens with two attached hydrogens (primary N) is 1. The lowest BCUT2D eigenvalue weighted by atomic mass is 10.1. The van der Waals surface area contributed by atoms with Gasteiger partial charge in [0.1, 0.15) is 10.9 Å². The van der Waals surface area contributed by atoms with Crippen molar-refractivity contribution in [3.63, 3.8) is 0 Å². The lowest BCUT2D eigenvalue weighted by molar-refractivity contribution is 0.102.